The first kappa shape index (κ1) is 18.8. The first-order valence-electron chi connectivity index (χ1n) is 8.51. The van der Waals surface area contributed by atoms with Crippen LogP contribution in [-0.4, -0.2) is 41.1 Å². The van der Waals surface area contributed by atoms with Crippen molar-refractivity contribution in [3.8, 4) is 0 Å². The van der Waals surface area contributed by atoms with E-state index in [1.54, 1.807) is 12.1 Å². The lowest BCUT2D eigenvalue weighted by Gasteiger charge is -2.35. The zero-order chi connectivity index (χ0) is 18.7. The molecule has 0 aliphatic carbocycles. The number of anilines is 1. The number of hydrogen-bond acceptors (Lipinski definition) is 4. The van der Waals surface area contributed by atoms with Gasteiger partial charge in [0.05, 0.1) is 12.2 Å². The zero-order valence-electron chi connectivity index (χ0n) is 14.7. The van der Waals surface area contributed by atoms with Crippen molar-refractivity contribution in [3.63, 3.8) is 0 Å². The molecule has 0 saturated carbocycles. The summed E-state index contributed by atoms with van der Waals surface area (Å²) >= 11 is 3.18. The van der Waals surface area contributed by atoms with E-state index in [0.29, 0.717) is 29.7 Å². The van der Waals surface area contributed by atoms with Gasteiger partial charge in [0.2, 0.25) is 0 Å². The summed E-state index contributed by atoms with van der Waals surface area (Å²) in [5, 5.41) is 2.96. The molecule has 2 heterocycles. The van der Waals surface area contributed by atoms with Gasteiger partial charge < -0.3 is 15.0 Å². The molecule has 1 aromatic heterocycles. The molecule has 3 rings (SSSR count). The second kappa shape index (κ2) is 8.14. The van der Waals surface area contributed by atoms with Crippen LogP contribution in [0.4, 0.5) is 10.2 Å². The molecular formula is C19H21BrFN3O2. The Labute approximate surface area is 160 Å². The number of morpholine rings is 1. The fourth-order valence-electron chi connectivity index (χ4n) is 3.02. The number of hydrogen-bond donors (Lipinski definition) is 1. The van der Waals surface area contributed by atoms with Gasteiger partial charge in [-0.3, -0.25) is 4.79 Å². The largest absolute Gasteiger partial charge is 0.372 e. The summed E-state index contributed by atoms with van der Waals surface area (Å²) in [4.78, 5) is 18.5. The van der Waals surface area contributed by atoms with E-state index in [2.05, 4.69) is 26.2 Å². The molecule has 1 aliphatic heterocycles. The van der Waals surface area contributed by atoms with E-state index in [1.165, 1.54) is 12.3 Å². The number of benzene rings is 1. The van der Waals surface area contributed by atoms with Crippen LogP contribution in [0.2, 0.25) is 0 Å². The van der Waals surface area contributed by atoms with Gasteiger partial charge in [-0.15, -0.1) is 0 Å². The molecule has 0 radical (unpaired) electrons. The summed E-state index contributed by atoms with van der Waals surface area (Å²) in [7, 11) is 0. The van der Waals surface area contributed by atoms with Gasteiger partial charge in [-0.2, -0.15) is 0 Å². The van der Waals surface area contributed by atoms with Crippen LogP contribution >= 0.6 is 15.9 Å². The number of rotatable bonds is 4. The Morgan fingerprint density at radius 3 is 2.58 bits per heavy atom. The van der Waals surface area contributed by atoms with Crippen molar-refractivity contribution in [2.24, 2.45) is 0 Å². The van der Waals surface area contributed by atoms with Gasteiger partial charge in [0.25, 0.3) is 5.91 Å². The summed E-state index contributed by atoms with van der Waals surface area (Å²) in [6.07, 6.45) is 1.62. The molecule has 2 aromatic rings. The van der Waals surface area contributed by atoms with E-state index >= 15 is 0 Å². The third-order valence-corrected chi connectivity index (χ3v) is 4.61. The summed E-state index contributed by atoms with van der Waals surface area (Å²) in [5.41, 5.74) is 1.58. The molecule has 1 N–H and O–H groups in total. The van der Waals surface area contributed by atoms with Gasteiger partial charge in [0, 0.05) is 35.9 Å². The lowest BCUT2D eigenvalue weighted by molar-refractivity contribution is -0.0586. The van der Waals surface area contributed by atoms with Crippen molar-refractivity contribution < 1.29 is 13.9 Å². The number of pyridine rings is 1. The first-order chi connectivity index (χ1) is 12.4. The number of aromatic nitrogens is 1. The SMILES string of the molecule is CC1CN(C(=O)c2ccc(CNc3ncc(Br)cc3F)cc2)CC(C)O1. The fourth-order valence-corrected chi connectivity index (χ4v) is 3.33. The smallest absolute Gasteiger partial charge is 0.254 e. The van der Waals surface area contributed by atoms with Crippen molar-refractivity contribution in [1.82, 2.24) is 9.88 Å². The topological polar surface area (TPSA) is 54.5 Å². The number of carbonyl (C=O) groups excluding carboxylic acids is 1. The summed E-state index contributed by atoms with van der Waals surface area (Å²) in [6, 6.07) is 8.70. The maximum atomic E-state index is 13.8. The Balaban J connectivity index is 1.62. The van der Waals surface area contributed by atoms with Gasteiger partial charge in [-0.1, -0.05) is 12.1 Å². The molecule has 138 valence electrons. The number of nitrogens with zero attached hydrogens (tertiary/aromatic N) is 2. The number of carbonyl (C=O) groups is 1. The Kier molecular flexibility index (Phi) is 5.88. The Hall–Kier alpha value is -1.99. The molecule has 5 nitrogen and oxygen atoms in total. The highest BCUT2D eigenvalue weighted by molar-refractivity contribution is 9.10. The average molecular weight is 422 g/mol. The van der Waals surface area contributed by atoms with Gasteiger partial charge in [-0.05, 0) is 53.5 Å². The lowest BCUT2D eigenvalue weighted by Crippen LogP contribution is -2.48. The van der Waals surface area contributed by atoms with Crippen LogP contribution < -0.4 is 5.32 Å². The molecule has 1 amide bonds. The molecule has 1 aromatic carbocycles. The van der Waals surface area contributed by atoms with Crippen LogP contribution in [0.5, 0.6) is 0 Å². The minimum absolute atomic E-state index is 0.00660. The molecule has 1 saturated heterocycles. The third kappa shape index (κ3) is 4.59. The molecular weight excluding hydrogens is 401 g/mol. The van der Waals surface area contributed by atoms with E-state index < -0.39 is 5.82 Å². The average Bonchev–Trinajstić information content (AvgIpc) is 2.60. The standard InChI is InChI=1S/C19H21BrFN3O2/c1-12-10-24(11-13(2)26-12)19(25)15-5-3-14(4-6-15)8-22-18-17(21)7-16(20)9-23-18/h3-7,9,12-13H,8,10-11H2,1-2H3,(H,22,23). The molecule has 0 bridgehead atoms. The molecule has 1 aliphatic rings. The Morgan fingerprint density at radius 2 is 1.96 bits per heavy atom. The normalized spacial score (nSPS) is 20.1. The van der Waals surface area contributed by atoms with Gasteiger partial charge in [-0.25, -0.2) is 9.37 Å². The maximum Gasteiger partial charge on any atom is 0.254 e. The summed E-state index contributed by atoms with van der Waals surface area (Å²) < 4.78 is 20.0. The summed E-state index contributed by atoms with van der Waals surface area (Å²) in [5.74, 6) is -0.210. The van der Waals surface area contributed by atoms with Crippen LogP contribution in [0.1, 0.15) is 29.8 Å². The minimum atomic E-state index is -0.415. The second-order valence-electron chi connectivity index (χ2n) is 6.50. The Bertz CT molecular complexity index is 775. The van der Waals surface area contributed by atoms with Crippen molar-refractivity contribution in [2.45, 2.75) is 32.6 Å². The number of nitrogens with one attached hydrogen (secondary N) is 1. The van der Waals surface area contributed by atoms with E-state index in [0.717, 1.165) is 5.56 Å². The van der Waals surface area contributed by atoms with Crippen LogP contribution in [0.15, 0.2) is 41.0 Å². The summed E-state index contributed by atoms with van der Waals surface area (Å²) in [6.45, 7) is 5.56. The highest BCUT2D eigenvalue weighted by atomic mass is 79.9. The minimum Gasteiger partial charge on any atom is -0.372 e. The molecule has 7 heteroatoms. The van der Waals surface area contributed by atoms with Crippen LogP contribution in [-0.2, 0) is 11.3 Å². The van der Waals surface area contributed by atoms with Crippen molar-refractivity contribution in [2.75, 3.05) is 18.4 Å². The van der Waals surface area contributed by atoms with Crippen LogP contribution in [0.25, 0.3) is 0 Å². The third-order valence-electron chi connectivity index (χ3n) is 4.18. The van der Waals surface area contributed by atoms with Crippen molar-refractivity contribution in [1.29, 1.82) is 0 Å². The van der Waals surface area contributed by atoms with E-state index in [1.807, 2.05) is 30.9 Å². The maximum absolute atomic E-state index is 13.8. The lowest BCUT2D eigenvalue weighted by atomic mass is 10.1. The van der Waals surface area contributed by atoms with E-state index in [-0.39, 0.29) is 23.9 Å². The van der Waals surface area contributed by atoms with Crippen molar-refractivity contribution >= 4 is 27.7 Å². The first-order valence-corrected chi connectivity index (χ1v) is 9.30. The zero-order valence-corrected chi connectivity index (χ0v) is 16.3. The second-order valence-corrected chi connectivity index (χ2v) is 7.42. The quantitative estimate of drug-likeness (QED) is 0.814. The highest BCUT2D eigenvalue weighted by Gasteiger charge is 2.26. The molecule has 1 fully saturated rings. The van der Waals surface area contributed by atoms with Gasteiger partial charge in [0.1, 0.15) is 0 Å². The predicted molar refractivity (Wildman–Crippen MR) is 102 cm³/mol. The van der Waals surface area contributed by atoms with E-state index in [9.17, 15) is 9.18 Å². The fraction of sp³-hybridized carbons (Fsp3) is 0.368. The predicted octanol–water partition coefficient (Wildman–Crippen LogP) is 3.84. The van der Waals surface area contributed by atoms with Gasteiger partial charge >= 0.3 is 0 Å². The molecule has 2 unspecified atom stereocenters. The molecule has 2 atom stereocenters. The molecule has 0 spiro atoms. The molecule has 26 heavy (non-hydrogen) atoms. The van der Waals surface area contributed by atoms with E-state index in [4.69, 9.17) is 4.74 Å². The highest BCUT2D eigenvalue weighted by Crippen LogP contribution is 2.18. The Morgan fingerprint density at radius 1 is 1.31 bits per heavy atom. The van der Waals surface area contributed by atoms with Crippen molar-refractivity contribution in [3.05, 3.63) is 57.9 Å². The van der Waals surface area contributed by atoms with Crippen LogP contribution in [0.3, 0.4) is 0 Å². The van der Waals surface area contributed by atoms with Gasteiger partial charge in [0.15, 0.2) is 11.6 Å². The van der Waals surface area contributed by atoms with Crippen LogP contribution in [0, 0.1) is 5.82 Å². The number of amides is 1. The number of halogens is 2. The number of ether oxygens (including phenoxy) is 1. The monoisotopic (exact) mass is 421 g/mol.